The van der Waals surface area contributed by atoms with E-state index in [-0.39, 0.29) is 103 Å². The number of rotatable bonds is 21. The summed E-state index contributed by atoms with van der Waals surface area (Å²) in [5.41, 5.74) is 7.68. The fraction of sp³-hybridized carbons (Fsp3) is 0.373. The number of aliphatic carboxylic acids is 2. The number of nitrogens with one attached hydrogen (secondary N) is 3. The second kappa shape index (κ2) is 34.9. The zero-order valence-corrected chi connectivity index (χ0v) is 64.6. The Morgan fingerprint density at radius 1 is 0.602 bits per heavy atom. The van der Waals surface area contributed by atoms with E-state index in [0.717, 1.165) is 6.07 Å². The third-order valence-corrected chi connectivity index (χ3v) is 23.9. The summed E-state index contributed by atoms with van der Waals surface area (Å²) < 4.78 is 137. The molecule has 3 aromatic heterocycles. The number of aryl methyl sites for hydroxylation is 1. The molecule has 6 aliphatic heterocycles. The van der Waals surface area contributed by atoms with E-state index in [1.807, 2.05) is 0 Å². The van der Waals surface area contributed by atoms with E-state index in [1.165, 1.54) is 85.9 Å². The van der Waals surface area contributed by atoms with Crippen molar-refractivity contribution in [2.24, 2.45) is 27.8 Å². The lowest BCUT2D eigenvalue weighted by Crippen LogP contribution is -2.54. The van der Waals surface area contributed by atoms with Crippen LogP contribution < -0.4 is 21.7 Å². The summed E-state index contributed by atoms with van der Waals surface area (Å²) in [6.07, 6.45) is 5.68. The first-order chi connectivity index (χ1) is 51.2. The number of amides is 1. The van der Waals surface area contributed by atoms with Gasteiger partial charge in [-0.05, 0) is 68.3 Å². The van der Waals surface area contributed by atoms with E-state index < -0.39 is 140 Å². The van der Waals surface area contributed by atoms with Gasteiger partial charge in [0.2, 0.25) is 5.91 Å². The zero-order chi connectivity index (χ0) is 78.3. The molecule has 0 saturated carbocycles. The predicted molar refractivity (Wildman–Crippen MR) is 393 cm³/mol. The number of sulfone groups is 2. The fourth-order valence-electron chi connectivity index (χ4n) is 12.4. The molecule has 0 bridgehead atoms. The van der Waals surface area contributed by atoms with Crippen LogP contribution in [0.5, 0.6) is 0 Å². The van der Waals surface area contributed by atoms with Gasteiger partial charge in [-0.25, -0.2) is 68.1 Å². The second-order valence-electron chi connectivity index (χ2n) is 24.6. The number of benzene rings is 3. The molecule has 9 heterocycles. The predicted octanol–water partition coefficient (Wildman–Crippen LogP) is 6.59. The minimum Gasteiger partial charge on any atom is -0.480 e. The van der Waals surface area contributed by atoms with E-state index in [9.17, 15) is 77.8 Å². The third-order valence-electron chi connectivity index (χ3n) is 17.4. The number of primary amides is 1. The standard InChI is InChI=1S/C23H24BrF3N6O3.C22H22BrFN4O6S2.C22H22ClFN4O6S2/c1-3-36-22(35)17-15(10-33-11-23(26,27)9-16(33)19(28)34)30-20(21-29-6-7-32(21)2)31-18(17)13-5-4-12(25)8-14(13)24;2*1-2-34-22(31)17-15(10-28-6-8-36(32,33)11-16(28)21(29)30)26-19(20-25-5-7-35-20)27-18(17)13-4-3-12(24)9-14(13)23/h4-8,16,18H,3,9-11H2,1-2H3,(H2,28,34)(H,30,31);2*3-5,7,9,16,18H,2,6,8,10-11H2,1H3,(H,26,27)(H,29,30)/t16-,18?;;/m0../s1. The summed E-state index contributed by atoms with van der Waals surface area (Å²) in [5, 5.41) is 33.2. The highest BCUT2D eigenvalue weighted by atomic mass is 79.9. The molecule has 576 valence electrons. The molecule has 41 heteroatoms. The van der Waals surface area contributed by atoms with E-state index in [4.69, 9.17) is 41.5 Å². The van der Waals surface area contributed by atoms with Crippen LogP contribution in [-0.2, 0) is 69.7 Å². The lowest BCUT2D eigenvalue weighted by Gasteiger charge is -2.35. The van der Waals surface area contributed by atoms with Crippen LogP contribution in [0.25, 0.3) is 0 Å². The summed E-state index contributed by atoms with van der Waals surface area (Å²) in [7, 11) is -5.32. The fourth-order valence-corrected chi connectivity index (χ4v) is 18.0. The number of carboxylic acids is 2. The van der Waals surface area contributed by atoms with Gasteiger partial charge in [0.1, 0.15) is 47.7 Å². The number of thiazole rings is 2. The van der Waals surface area contributed by atoms with Crippen molar-refractivity contribution in [3.63, 3.8) is 0 Å². The lowest BCUT2D eigenvalue weighted by molar-refractivity contribution is -0.143. The Kier molecular flexibility index (Phi) is 26.4. The molecule has 1 amide bonds. The molecule has 3 saturated heterocycles. The van der Waals surface area contributed by atoms with Crippen molar-refractivity contribution in [3.05, 3.63) is 188 Å². The third kappa shape index (κ3) is 19.4. The number of carbonyl (C=O) groups is 6. The van der Waals surface area contributed by atoms with Gasteiger partial charge >= 0.3 is 29.8 Å². The Labute approximate surface area is 644 Å². The van der Waals surface area contributed by atoms with Gasteiger partial charge in [0.05, 0.1) is 72.1 Å². The highest BCUT2D eigenvalue weighted by Crippen LogP contribution is 2.42. The largest absolute Gasteiger partial charge is 0.480 e. The number of likely N-dealkylation sites (tertiary alicyclic amines) is 1. The maximum absolute atomic E-state index is 14.3. The second-order valence-corrected chi connectivity index (χ2v) is 33.0. The number of esters is 3. The molecule has 12 rings (SSSR count). The molecule has 3 fully saturated rings. The molecular weight excluding hydrogens is 1660 g/mol. The number of halogens is 8. The first kappa shape index (κ1) is 81.8. The highest BCUT2D eigenvalue weighted by molar-refractivity contribution is 9.10. The molecule has 0 spiro atoms. The van der Waals surface area contributed by atoms with Crippen molar-refractivity contribution in [1.82, 2.24) is 50.2 Å². The van der Waals surface area contributed by atoms with Crippen LogP contribution >= 0.6 is 66.1 Å². The Morgan fingerprint density at radius 2 is 1.00 bits per heavy atom. The number of ether oxygens (including phenoxy) is 3. The van der Waals surface area contributed by atoms with Crippen LogP contribution in [0.2, 0.25) is 5.02 Å². The quantitative estimate of drug-likeness (QED) is 0.0251. The Morgan fingerprint density at radius 3 is 1.37 bits per heavy atom. The van der Waals surface area contributed by atoms with Crippen molar-refractivity contribution in [2.75, 3.05) is 82.1 Å². The number of imidazole rings is 1. The first-order valence-corrected chi connectivity index (χ1v) is 40.2. The molecule has 3 aromatic carbocycles. The molecule has 108 heavy (non-hydrogen) atoms. The van der Waals surface area contributed by atoms with Crippen LogP contribution in [0.4, 0.5) is 22.0 Å². The number of nitrogens with zero attached hydrogens (tertiary/aromatic N) is 10. The smallest absolute Gasteiger partial charge is 0.338 e. The summed E-state index contributed by atoms with van der Waals surface area (Å²) in [4.78, 5) is 106. The molecule has 6 aromatic rings. The van der Waals surface area contributed by atoms with Gasteiger partial charge in [0.25, 0.3) is 5.92 Å². The average Bonchev–Trinajstić information content (AvgIpc) is 0.952. The number of carboxylic acid groups (broad SMARTS) is 2. The molecule has 6 aliphatic rings. The zero-order valence-electron chi connectivity index (χ0n) is 57.4. The Balaban J connectivity index is 0.000000173. The van der Waals surface area contributed by atoms with Gasteiger partial charge in [-0.15, -0.1) is 22.7 Å². The first-order valence-electron chi connectivity index (χ1n) is 32.8. The number of hydrogen-bond acceptors (Lipinski definition) is 27. The number of aliphatic imine (C=N–C) groups is 3. The lowest BCUT2D eigenvalue weighted by atomic mass is 9.95. The molecule has 29 nitrogen and oxygen atoms in total. The number of aromatic nitrogens is 4. The summed E-state index contributed by atoms with van der Waals surface area (Å²) in [6, 6.07) is 4.91. The molecule has 7 N–H and O–H groups in total. The number of amidine groups is 3. The van der Waals surface area contributed by atoms with Gasteiger partial charge in [-0.2, -0.15) is 0 Å². The number of nitrogens with two attached hydrogens (primary N) is 1. The van der Waals surface area contributed by atoms with Gasteiger partial charge in [0.15, 0.2) is 53.0 Å². The van der Waals surface area contributed by atoms with Crippen molar-refractivity contribution < 1.29 is 92.0 Å². The monoisotopic (exact) mass is 1720 g/mol. The molecule has 0 radical (unpaired) electrons. The minimum atomic E-state index is -3.53. The van der Waals surface area contributed by atoms with E-state index in [0.29, 0.717) is 58.8 Å². The van der Waals surface area contributed by atoms with Crippen molar-refractivity contribution in [2.45, 2.75) is 69.4 Å². The Hall–Kier alpha value is -8.74. The van der Waals surface area contributed by atoms with Gasteiger partial charge in [0, 0.05) is 118 Å². The van der Waals surface area contributed by atoms with Gasteiger partial charge in [-0.3, -0.25) is 44.1 Å². The van der Waals surface area contributed by atoms with Gasteiger partial charge < -0.3 is 50.7 Å². The average molecular weight is 1730 g/mol. The van der Waals surface area contributed by atoms with E-state index >= 15 is 0 Å². The summed E-state index contributed by atoms with van der Waals surface area (Å²) >= 11 is 15.6. The summed E-state index contributed by atoms with van der Waals surface area (Å²) in [5.74, 6) is -10.5. The van der Waals surface area contributed by atoms with Crippen molar-refractivity contribution in [3.8, 4) is 0 Å². The molecule has 0 aliphatic carbocycles. The van der Waals surface area contributed by atoms with Crippen LogP contribution in [0.1, 0.15) is 77.8 Å². The van der Waals surface area contributed by atoms with Crippen LogP contribution in [0.15, 0.2) is 148 Å². The maximum Gasteiger partial charge on any atom is 0.338 e. The van der Waals surface area contributed by atoms with Crippen LogP contribution in [-0.4, -0.2) is 221 Å². The Bertz CT molecular complexity index is 4710. The number of hydrogen-bond donors (Lipinski definition) is 6. The topological polar surface area (TPSA) is 391 Å². The van der Waals surface area contributed by atoms with E-state index in [2.05, 4.69) is 67.8 Å². The number of alkyl halides is 2. The highest BCUT2D eigenvalue weighted by Gasteiger charge is 2.49. The normalized spacial score (nSPS) is 21.9. The van der Waals surface area contributed by atoms with Gasteiger partial charge in [-0.1, -0.05) is 61.7 Å². The SMILES string of the molecule is CCOC(=O)C1=C(CN2CC(F)(F)C[C@H]2C(N)=O)NC(c2nccn2C)=NC1c1ccc(F)cc1Br.CCOC(=O)C1=C(CN2CCS(=O)(=O)CC2C(=O)O)NC(c2nccs2)=NC1c1ccc(F)cc1Br.CCOC(=O)C1=C(CN2CCS(=O)(=O)CC2C(=O)O)NC(c2nccs2)=NC1c1ccc(F)cc1Cl. The minimum absolute atomic E-state index is 0.0325. The maximum atomic E-state index is 14.3. The molecule has 5 unspecified atom stereocenters. The van der Waals surface area contributed by atoms with Crippen molar-refractivity contribution >= 4 is 139 Å². The molecular formula is C67H68Br2ClF5N14O15S4. The summed E-state index contributed by atoms with van der Waals surface area (Å²) in [6.45, 7) is 3.86. The van der Waals surface area contributed by atoms with Crippen molar-refractivity contribution in [1.29, 1.82) is 0 Å². The molecule has 6 atom stereocenters. The number of carbonyl (C=O) groups excluding carboxylic acids is 4. The van der Waals surface area contributed by atoms with Crippen LogP contribution in [0.3, 0.4) is 0 Å². The van der Waals surface area contributed by atoms with E-state index in [1.54, 1.807) is 67.9 Å². The van der Waals surface area contributed by atoms with Crippen LogP contribution in [0, 0.1) is 17.5 Å².